The molecule has 1 aromatic rings. The van der Waals surface area contributed by atoms with E-state index in [-0.39, 0.29) is 30.2 Å². The number of sulfone groups is 1. The lowest BCUT2D eigenvalue weighted by molar-refractivity contribution is -0.147. The van der Waals surface area contributed by atoms with Gasteiger partial charge in [0.25, 0.3) is 5.91 Å². The van der Waals surface area contributed by atoms with Crippen LogP contribution in [0.5, 0.6) is 0 Å². The van der Waals surface area contributed by atoms with Crippen LogP contribution in [0.25, 0.3) is 0 Å². The van der Waals surface area contributed by atoms with Gasteiger partial charge in [0, 0.05) is 18.4 Å². The predicted octanol–water partition coefficient (Wildman–Crippen LogP) is 0.324. The van der Waals surface area contributed by atoms with Crippen molar-refractivity contribution in [1.29, 1.82) is 0 Å². The number of hydrogen-bond acceptors (Lipinski definition) is 5. The summed E-state index contributed by atoms with van der Waals surface area (Å²) < 4.78 is 28.4. The lowest BCUT2D eigenvalue weighted by atomic mass is 10.1. The standard InChI is InChI=1S/C14H17NO6S/c1-9-3-4-10(22(2,19)20)7-11(9)13(16)15-5-6-21-8-12(15)14(17)18/h3-4,7,12H,5-6,8H2,1-2H3,(H,17,18). The second-order valence-corrected chi connectivity index (χ2v) is 7.19. The summed E-state index contributed by atoms with van der Waals surface area (Å²) in [7, 11) is -3.45. The molecule has 1 atom stereocenters. The predicted molar refractivity (Wildman–Crippen MR) is 77.6 cm³/mol. The topological polar surface area (TPSA) is 101 Å². The van der Waals surface area contributed by atoms with Crippen LogP contribution in [-0.4, -0.2) is 62.4 Å². The Kier molecular flexibility index (Phi) is 4.52. The molecule has 1 saturated heterocycles. The third-order valence-electron chi connectivity index (χ3n) is 3.54. The van der Waals surface area contributed by atoms with Crippen molar-refractivity contribution in [3.05, 3.63) is 29.3 Å². The van der Waals surface area contributed by atoms with Gasteiger partial charge in [0.05, 0.1) is 18.1 Å². The van der Waals surface area contributed by atoms with Gasteiger partial charge in [-0.15, -0.1) is 0 Å². The number of carbonyl (C=O) groups excluding carboxylic acids is 1. The second kappa shape index (κ2) is 6.05. The van der Waals surface area contributed by atoms with E-state index >= 15 is 0 Å². The van der Waals surface area contributed by atoms with Gasteiger partial charge < -0.3 is 14.7 Å². The summed E-state index contributed by atoms with van der Waals surface area (Å²) in [6.07, 6.45) is 1.06. The molecule has 1 unspecified atom stereocenters. The number of rotatable bonds is 3. The molecule has 1 fully saturated rings. The highest BCUT2D eigenvalue weighted by Crippen LogP contribution is 2.20. The number of aliphatic carboxylic acids is 1. The van der Waals surface area contributed by atoms with Crippen LogP contribution in [0.2, 0.25) is 0 Å². The summed E-state index contributed by atoms with van der Waals surface area (Å²) in [6.45, 7) is 2.00. The molecule has 1 aromatic carbocycles. The fourth-order valence-corrected chi connectivity index (χ4v) is 2.92. The van der Waals surface area contributed by atoms with Gasteiger partial charge >= 0.3 is 5.97 Å². The Morgan fingerprint density at radius 3 is 2.64 bits per heavy atom. The van der Waals surface area contributed by atoms with E-state index in [4.69, 9.17) is 4.74 Å². The lowest BCUT2D eigenvalue weighted by Gasteiger charge is -2.33. The van der Waals surface area contributed by atoms with E-state index in [1.165, 1.54) is 17.0 Å². The molecule has 0 aromatic heterocycles. The van der Waals surface area contributed by atoms with Crippen LogP contribution < -0.4 is 0 Å². The van der Waals surface area contributed by atoms with E-state index in [1.807, 2.05) is 0 Å². The Hall–Kier alpha value is -1.93. The van der Waals surface area contributed by atoms with E-state index in [1.54, 1.807) is 13.0 Å². The number of carboxylic acid groups (broad SMARTS) is 1. The summed E-state index contributed by atoms with van der Waals surface area (Å²) >= 11 is 0. The van der Waals surface area contributed by atoms with Crippen LogP contribution in [-0.2, 0) is 19.4 Å². The molecule has 0 radical (unpaired) electrons. The maximum atomic E-state index is 12.6. The minimum atomic E-state index is -3.45. The van der Waals surface area contributed by atoms with Crippen LogP contribution in [0, 0.1) is 6.92 Å². The number of amides is 1. The molecule has 22 heavy (non-hydrogen) atoms. The Bertz CT molecular complexity index is 712. The fourth-order valence-electron chi connectivity index (χ4n) is 2.27. The van der Waals surface area contributed by atoms with E-state index in [9.17, 15) is 23.1 Å². The van der Waals surface area contributed by atoms with Crippen LogP contribution in [0.1, 0.15) is 15.9 Å². The van der Waals surface area contributed by atoms with Crippen molar-refractivity contribution >= 4 is 21.7 Å². The van der Waals surface area contributed by atoms with Gasteiger partial charge in [-0.1, -0.05) is 6.07 Å². The highest BCUT2D eigenvalue weighted by molar-refractivity contribution is 7.90. The largest absolute Gasteiger partial charge is 0.480 e. The van der Waals surface area contributed by atoms with Crippen LogP contribution >= 0.6 is 0 Å². The van der Waals surface area contributed by atoms with Crippen molar-refractivity contribution in [2.24, 2.45) is 0 Å². The Morgan fingerprint density at radius 2 is 2.05 bits per heavy atom. The van der Waals surface area contributed by atoms with Crippen molar-refractivity contribution in [2.45, 2.75) is 17.9 Å². The summed E-state index contributed by atoms with van der Waals surface area (Å²) in [6, 6.07) is 3.19. The van der Waals surface area contributed by atoms with Crippen molar-refractivity contribution in [1.82, 2.24) is 4.90 Å². The molecule has 7 nitrogen and oxygen atoms in total. The van der Waals surface area contributed by atoms with Gasteiger partial charge in [-0.3, -0.25) is 4.79 Å². The summed E-state index contributed by atoms with van der Waals surface area (Å²) in [5.74, 6) is -1.65. The highest BCUT2D eigenvalue weighted by atomic mass is 32.2. The maximum absolute atomic E-state index is 12.6. The molecule has 1 N–H and O–H groups in total. The summed E-state index contributed by atoms with van der Waals surface area (Å²) in [4.78, 5) is 25.1. The average Bonchev–Trinajstić information content (AvgIpc) is 2.45. The van der Waals surface area contributed by atoms with Gasteiger partial charge in [0.15, 0.2) is 15.9 Å². The number of carbonyl (C=O) groups is 2. The zero-order valence-electron chi connectivity index (χ0n) is 12.3. The number of nitrogens with zero attached hydrogens (tertiary/aromatic N) is 1. The smallest absolute Gasteiger partial charge is 0.328 e. The zero-order chi connectivity index (χ0) is 16.5. The summed E-state index contributed by atoms with van der Waals surface area (Å²) in [5, 5.41) is 9.19. The Balaban J connectivity index is 2.42. The van der Waals surface area contributed by atoms with Crippen molar-refractivity contribution in [3.8, 4) is 0 Å². The van der Waals surface area contributed by atoms with E-state index in [0.717, 1.165) is 6.26 Å². The Morgan fingerprint density at radius 1 is 1.36 bits per heavy atom. The third kappa shape index (κ3) is 3.28. The molecular weight excluding hydrogens is 310 g/mol. The third-order valence-corrected chi connectivity index (χ3v) is 4.65. The Labute approximate surface area is 128 Å². The first kappa shape index (κ1) is 16.4. The molecule has 0 saturated carbocycles. The first-order valence-electron chi connectivity index (χ1n) is 6.64. The van der Waals surface area contributed by atoms with Gasteiger partial charge in [0.2, 0.25) is 0 Å². The van der Waals surface area contributed by atoms with E-state index in [2.05, 4.69) is 0 Å². The molecule has 1 amide bonds. The molecular formula is C14H17NO6S. The minimum Gasteiger partial charge on any atom is -0.480 e. The molecule has 1 aliphatic heterocycles. The maximum Gasteiger partial charge on any atom is 0.328 e. The number of hydrogen-bond donors (Lipinski definition) is 1. The number of benzene rings is 1. The highest BCUT2D eigenvalue weighted by Gasteiger charge is 2.34. The number of morpholine rings is 1. The minimum absolute atomic E-state index is 0.0292. The number of aryl methyl sites for hydroxylation is 1. The molecule has 1 heterocycles. The van der Waals surface area contributed by atoms with Gasteiger partial charge in [-0.05, 0) is 24.6 Å². The number of ether oxygens (including phenoxy) is 1. The SMILES string of the molecule is Cc1ccc(S(C)(=O)=O)cc1C(=O)N1CCOCC1C(=O)O. The van der Waals surface area contributed by atoms with Gasteiger partial charge in [-0.25, -0.2) is 13.2 Å². The fraction of sp³-hybridized carbons (Fsp3) is 0.429. The van der Waals surface area contributed by atoms with Crippen molar-refractivity contribution in [2.75, 3.05) is 26.0 Å². The molecule has 120 valence electrons. The van der Waals surface area contributed by atoms with Gasteiger partial charge in [-0.2, -0.15) is 0 Å². The average molecular weight is 327 g/mol. The number of carboxylic acids is 1. The van der Waals surface area contributed by atoms with Crippen LogP contribution in [0.4, 0.5) is 0 Å². The van der Waals surface area contributed by atoms with Crippen molar-refractivity contribution in [3.63, 3.8) is 0 Å². The first-order chi connectivity index (χ1) is 10.2. The van der Waals surface area contributed by atoms with Crippen LogP contribution in [0.15, 0.2) is 23.1 Å². The van der Waals surface area contributed by atoms with E-state index < -0.39 is 27.8 Å². The molecule has 0 aliphatic carbocycles. The lowest BCUT2D eigenvalue weighted by Crippen LogP contribution is -2.52. The zero-order valence-corrected chi connectivity index (χ0v) is 13.1. The van der Waals surface area contributed by atoms with Gasteiger partial charge in [0.1, 0.15) is 0 Å². The monoisotopic (exact) mass is 327 g/mol. The second-order valence-electron chi connectivity index (χ2n) is 5.18. The van der Waals surface area contributed by atoms with Crippen LogP contribution in [0.3, 0.4) is 0 Å². The first-order valence-corrected chi connectivity index (χ1v) is 8.53. The normalized spacial score (nSPS) is 19.0. The quantitative estimate of drug-likeness (QED) is 0.858. The molecule has 0 bridgehead atoms. The molecule has 1 aliphatic rings. The molecule has 0 spiro atoms. The molecule has 2 rings (SSSR count). The van der Waals surface area contributed by atoms with Crippen molar-refractivity contribution < 1.29 is 27.9 Å². The molecule has 8 heteroatoms. The summed E-state index contributed by atoms with van der Waals surface area (Å²) in [5.41, 5.74) is 0.782. The van der Waals surface area contributed by atoms with E-state index in [0.29, 0.717) is 5.56 Å².